The molecule has 1 amide bonds. The summed E-state index contributed by atoms with van der Waals surface area (Å²) in [7, 11) is -3.67. The number of rotatable bonds is 9. The summed E-state index contributed by atoms with van der Waals surface area (Å²) in [5.41, 5.74) is 2.53. The average molecular weight is 405 g/mol. The third-order valence-electron chi connectivity index (χ3n) is 4.39. The molecule has 0 spiro atoms. The average Bonchev–Trinajstić information content (AvgIpc) is 2.66. The van der Waals surface area contributed by atoms with Crippen LogP contribution in [-0.4, -0.2) is 33.7 Å². The zero-order valence-electron chi connectivity index (χ0n) is 16.8. The number of hydrogen-bond donors (Lipinski definition) is 1. The van der Waals surface area contributed by atoms with Crippen molar-refractivity contribution in [3.8, 4) is 5.75 Å². The molecule has 28 heavy (non-hydrogen) atoms. The van der Waals surface area contributed by atoms with Crippen LogP contribution >= 0.6 is 0 Å². The Morgan fingerprint density at radius 2 is 1.75 bits per heavy atom. The SMILES string of the molecule is CCOc1ccccc1N(CC(=O)N[C@@H](C)c1ccc(CC)cc1)S(C)(=O)=O. The fraction of sp³-hybridized carbons (Fsp3) is 0.381. The number of carbonyl (C=O) groups is 1. The lowest BCUT2D eigenvalue weighted by atomic mass is 10.1. The molecule has 2 aromatic carbocycles. The van der Waals surface area contributed by atoms with Gasteiger partial charge in [0.1, 0.15) is 12.3 Å². The number of carbonyl (C=O) groups excluding carboxylic acids is 1. The van der Waals surface area contributed by atoms with E-state index in [0.717, 1.165) is 22.5 Å². The van der Waals surface area contributed by atoms with Crippen molar-refractivity contribution in [3.05, 3.63) is 59.7 Å². The minimum Gasteiger partial charge on any atom is -0.492 e. The summed E-state index contributed by atoms with van der Waals surface area (Å²) in [5, 5.41) is 2.87. The maximum Gasteiger partial charge on any atom is 0.241 e. The van der Waals surface area contributed by atoms with Crippen molar-refractivity contribution in [2.75, 3.05) is 23.7 Å². The van der Waals surface area contributed by atoms with Crippen molar-refractivity contribution >= 4 is 21.6 Å². The van der Waals surface area contributed by atoms with Crippen molar-refractivity contribution in [3.63, 3.8) is 0 Å². The number of anilines is 1. The van der Waals surface area contributed by atoms with Gasteiger partial charge in [-0.25, -0.2) is 8.42 Å². The molecule has 0 fully saturated rings. The number of para-hydroxylation sites is 2. The Bertz CT molecular complexity index is 895. The molecule has 0 aromatic heterocycles. The van der Waals surface area contributed by atoms with E-state index in [1.54, 1.807) is 24.3 Å². The van der Waals surface area contributed by atoms with Gasteiger partial charge in [-0.05, 0) is 43.5 Å². The summed E-state index contributed by atoms with van der Waals surface area (Å²) in [6.45, 7) is 5.85. The first kappa shape index (κ1) is 21.8. The van der Waals surface area contributed by atoms with E-state index in [2.05, 4.69) is 12.2 Å². The number of ether oxygens (including phenoxy) is 1. The van der Waals surface area contributed by atoms with Gasteiger partial charge < -0.3 is 10.1 Å². The number of sulfonamides is 1. The molecule has 1 atom stereocenters. The van der Waals surface area contributed by atoms with Crippen LogP contribution in [0.3, 0.4) is 0 Å². The second-order valence-corrected chi connectivity index (χ2v) is 8.46. The van der Waals surface area contributed by atoms with Gasteiger partial charge in [0.25, 0.3) is 0 Å². The lowest BCUT2D eigenvalue weighted by molar-refractivity contribution is -0.120. The second-order valence-electron chi connectivity index (χ2n) is 6.55. The molecular formula is C21H28N2O4S. The molecule has 0 bridgehead atoms. The van der Waals surface area contributed by atoms with Crippen molar-refractivity contribution in [2.24, 2.45) is 0 Å². The summed E-state index contributed by atoms with van der Waals surface area (Å²) in [6, 6.07) is 14.6. The van der Waals surface area contributed by atoms with Crippen LogP contribution in [-0.2, 0) is 21.2 Å². The lowest BCUT2D eigenvalue weighted by Gasteiger charge is -2.25. The summed E-state index contributed by atoms with van der Waals surface area (Å²) < 4.78 is 31.3. The summed E-state index contributed by atoms with van der Waals surface area (Å²) in [5.74, 6) is 0.0372. The summed E-state index contributed by atoms with van der Waals surface area (Å²) in [6.07, 6.45) is 2.03. The topological polar surface area (TPSA) is 75.7 Å². The van der Waals surface area contributed by atoms with Crippen LogP contribution in [0.25, 0.3) is 0 Å². The van der Waals surface area contributed by atoms with Crippen LogP contribution in [0.15, 0.2) is 48.5 Å². The van der Waals surface area contributed by atoms with E-state index in [0.29, 0.717) is 18.0 Å². The Morgan fingerprint density at radius 1 is 1.11 bits per heavy atom. The maximum absolute atomic E-state index is 12.6. The molecule has 2 aromatic rings. The molecule has 0 heterocycles. The molecule has 0 aliphatic rings. The highest BCUT2D eigenvalue weighted by atomic mass is 32.2. The van der Waals surface area contributed by atoms with Crippen LogP contribution in [0, 0.1) is 0 Å². The van der Waals surface area contributed by atoms with E-state index in [9.17, 15) is 13.2 Å². The Hall–Kier alpha value is -2.54. The fourth-order valence-corrected chi connectivity index (χ4v) is 3.72. The van der Waals surface area contributed by atoms with Gasteiger partial charge in [0, 0.05) is 0 Å². The molecule has 0 saturated heterocycles. The molecule has 152 valence electrons. The second kappa shape index (κ2) is 9.59. The predicted molar refractivity (Wildman–Crippen MR) is 112 cm³/mol. The van der Waals surface area contributed by atoms with Crippen LogP contribution in [0.2, 0.25) is 0 Å². The molecule has 0 aliphatic heterocycles. The number of nitrogens with zero attached hydrogens (tertiary/aromatic N) is 1. The van der Waals surface area contributed by atoms with E-state index in [4.69, 9.17) is 4.74 Å². The molecular weight excluding hydrogens is 376 g/mol. The van der Waals surface area contributed by atoms with E-state index in [1.807, 2.05) is 38.1 Å². The highest BCUT2D eigenvalue weighted by molar-refractivity contribution is 7.92. The Labute approximate surface area is 167 Å². The molecule has 0 unspecified atom stereocenters. The normalized spacial score (nSPS) is 12.3. The maximum atomic E-state index is 12.6. The smallest absolute Gasteiger partial charge is 0.241 e. The van der Waals surface area contributed by atoms with E-state index in [-0.39, 0.29) is 18.5 Å². The van der Waals surface area contributed by atoms with Gasteiger partial charge in [0.2, 0.25) is 15.9 Å². The number of benzene rings is 2. The van der Waals surface area contributed by atoms with Gasteiger partial charge in [-0.15, -0.1) is 0 Å². The number of nitrogens with one attached hydrogen (secondary N) is 1. The Morgan fingerprint density at radius 3 is 2.32 bits per heavy atom. The highest BCUT2D eigenvalue weighted by Gasteiger charge is 2.24. The zero-order chi connectivity index (χ0) is 20.7. The standard InChI is InChI=1S/C21H28N2O4S/c1-5-17-11-13-18(14-12-17)16(3)22-21(24)15-23(28(4,25)26)19-9-7-8-10-20(19)27-6-2/h7-14,16H,5-6,15H2,1-4H3,(H,22,24)/t16-/m0/s1. The first-order valence-corrected chi connectivity index (χ1v) is 11.2. The van der Waals surface area contributed by atoms with Gasteiger partial charge in [-0.3, -0.25) is 9.10 Å². The Kier molecular flexibility index (Phi) is 7.45. The van der Waals surface area contributed by atoms with E-state index >= 15 is 0 Å². The summed E-state index contributed by atoms with van der Waals surface area (Å²) >= 11 is 0. The van der Waals surface area contributed by atoms with Crippen molar-refractivity contribution in [2.45, 2.75) is 33.2 Å². The van der Waals surface area contributed by atoms with Gasteiger partial charge in [0.15, 0.2) is 0 Å². The van der Waals surface area contributed by atoms with Crippen molar-refractivity contribution in [1.29, 1.82) is 0 Å². The van der Waals surface area contributed by atoms with Gasteiger partial charge in [-0.2, -0.15) is 0 Å². The van der Waals surface area contributed by atoms with Gasteiger partial charge in [-0.1, -0.05) is 43.3 Å². The minimum atomic E-state index is -3.67. The molecule has 2 rings (SSSR count). The number of amides is 1. The first-order valence-electron chi connectivity index (χ1n) is 9.34. The molecule has 6 nitrogen and oxygen atoms in total. The highest BCUT2D eigenvalue weighted by Crippen LogP contribution is 2.29. The van der Waals surface area contributed by atoms with E-state index in [1.165, 1.54) is 5.56 Å². The van der Waals surface area contributed by atoms with Gasteiger partial charge in [0.05, 0.1) is 24.6 Å². The van der Waals surface area contributed by atoms with Gasteiger partial charge >= 0.3 is 0 Å². The van der Waals surface area contributed by atoms with Crippen molar-refractivity contribution < 1.29 is 17.9 Å². The molecule has 7 heteroatoms. The number of hydrogen-bond acceptors (Lipinski definition) is 4. The first-order chi connectivity index (χ1) is 13.3. The van der Waals surface area contributed by atoms with Crippen LogP contribution < -0.4 is 14.4 Å². The monoisotopic (exact) mass is 404 g/mol. The lowest BCUT2D eigenvalue weighted by Crippen LogP contribution is -2.41. The fourth-order valence-electron chi connectivity index (χ4n) is 2.86. The molecule has 1 N–H and O–H groups in total. The van der Waals surface area contributed by atoms with E-state index < -0.39 is 10.0 Å². The summed E-state index contributed by atoms with van der Waals surface area (Å²) in [4.78, 5) is 12.6. The largest absolute Gasteiger partial charge is 0.492 e. The van der Waals surface area contributed by atoms with Crippen LogP contribution in [0.1, 0.15) is 37.9 Å². The van der Waals surface area contributed by atoms with Crippen molar-refractivity contribution in [1.82, 2.24) is 5.32 Å². The van der Waals surface area contributed by atoms with Crippen LogP contribution in [0.5, 0.6) is 5.75 Å². The molecule has 0 radical (unpaired) electrons. The molecule has 0 saturated carbocycles. The Balaban J connectivity index is 2.17. The minimum absolute atomic E-state index is 0.234. The third-order valence-corrected chi connectivity index (χ3v) is 5.51. The predicted octanol–water partition coefficient (Wildman–Crippen LogP) is 3.29. The quantitative estimate of drug-likeness (QED) is 0.696. The molecule has 0 aliphatic carbocycles. The zero-order valence-corrected chi connectivity index (χ0v) is 17.6. The van der Waals surface area contributed by atoms with Crippen LogP contribution in [0.4, 0.5) is 5.69 Å². The number of aryl methyl sites for hydroxylation is 1. The third kappa shape index (κ3) is 5.73.